The zero-order valence-corrected chi connectivity index (χ0v) is 12.6. The van der Waals surface area contributed by atoms with Gasteiger partial charge in [-0.05, 0) is 50.7 Å². The van der Waals surface area contributed by atoms with Crippen molar-refractivity contribution in [1.29, 1.82) is 0 Å². The second kappa shape index (κ2) is 5.23. The Labute approximate surface area is 121 Å². The van der Waals surface area contributed by atoms with Gasteiger partial charge in [-0.3, -0.25) is 4.79 Å². The van der Waals surface area contributed by atoms with Gasteiger partial charge in [-0.15, -0.1) is 0 Å². The number of hydrogen-bond acceptors (Lipinski definition) is 2. The number of rotatable bonds is 1. The summed E-state index contributed by atoms with van der Waals surface area (Å²) in [6, 6.07) is 5.98. The van der Waals surface area contributed by atoms with E-state index < -0.39 is 0 Å². The Morgan fingerprint density at radius 2 is 2.15 bits per heavy atom. The van der Waals surface area contributed by atoms with Gasteiger partial charge >= 0.3 is 0 Å². The van der Waals surface area contributed by atoms with Crippen LogP contribution >= 0.6 is 0 Å². The summed E-state index contributed by atoms with van der Waals surface area (Å²) in [5, 5.41) is 0. The monoisotopic (exact) mass is 272 g/mol. The smallest absolute Gasteiger partial charge is 0.170 e. The van der Waals surface area contributed by atoms with Gasteiger partial charge in [0.25, 0.3) is 0 Å². The van der Waals surface area contributed by atoms with Crippen LogP contribution in [0.25, 0.3) is 0 Å². The minimum absolute atomic E-state index is 0.219. The van der Waals surface area contributed by atoms with Gasteiger partial charge in [0.05, 0.1) is 12.0 Å². The maximum Gasteiger partial charge on any atom is 0.170 e. The molecule has 1 spiro atoms. The molecule has 3 rings (SSSR count). The van der Waals surface area contributed by atoms with Gasteiger partial charge in [0.15, 0.2) is 5.78 Å². The molecule has 20 heavy (non-hydrogen) atoms. The van der Waals surface area contributed by atoms with Crippen LogP contribution in [0.4, 0.5) is 0 Å². The summed E-state index contributed by atoms with van der Waals surface area (Å²) in [6.07, 6.45) is 7.56. The number of aryl methyl sites for hydroxylation is 1. The number of Topliss-reactive ketones (excluding diaryl/α,β-unsaturated/α-hetero) is 1. The van der Waals surface area contributed by atoms with Crippen LogP contribution in [0.15, 0.2) is 18.2 Å². The summed E-state index contributed by atoms with van der Waals surface area (Å²) in [4.78, 5) is 12.5. The molecule has 1 fully saturated rings. The molecule has 1 aromatic carbocycles. The lowest BCUT2D eigenvalue weighted by atomic mass is 9.83. The largest absolute Gasteiger partial charge is 0.486 e. The average molecular weight is 272 g/mol. The van der Waals surface area contributed by atoms with Gasteiger partial charge in [0.1, 0.15) is 11.4 Å². The van der Waals surface area contributed by atoms with E-state index in [4.69, 9.17) is 4.74 Å². The molecule has 1 aromatic rings. The van der Waals surface area contributed by atoms with Crippen LogP contribution in [0.5, 0.6) is 5.75 Å². The lowest BCUT2D eigenvalue weighted by Crippen LogP contribution is -2.41. The van der Waals surface area contributed by atoms with Gasteiger partial charge < -0.3 is 4.74 Å². The maximum absolute atomic E-state index is 12.5. The first kappa shape index (κ1) is 13.7. The normalized spacial score (nSPS) is 29.7. The van der Waals surface area contributed by atoms with E-state index in [0.29, 0.717) is 6.42 Å². The molecule has 0 radical (unpaired) electrons. The van der Waals surface area contributed by atoms with Crippen molar-refractivity contribution >= 4 is 5.78 Å². The molecule has 1 saturated carbocycles. The van der Waals surface area contributed by atoms with Crippen LogP contribution in [-0.4, -0.2) is 11.4 Å². The molecule has 1 aliphatic carbocycles. The molecule has 2 aliphatic rings. The van der Waals surface area contributed by atoms with Crippen molar-refractivity contribution in [3.63, 3.8) is 0 Å². The van der Waals surface area contributed by atoms with E-state index in [1.807, 2.05) is 25.1 Å². The second-order valence-electron chi connectivity index (χ2n) is 6.59. The second-order valence-corrected chi connectivity index (χ2v) is 6.59. The molecule has 0 N–H and O–H groups in total. The fourth-order valence-corrected chi connectivity index (χ4v) is 3.74. The molecule has 108 valence electrons. The Morgan fingerprint density at radius 1 is 1.30 bits per heavy atom. The minimum atomic E-state index is -0.219. The van der Waals surface area contributed by atoms with Gasteiger partial charge in [0.2, 0.25) is 0 Å². The molecular weight excluding hydrogens is 248 g/mol. The number of ketones is 1. The van der Waals surface area contributed by atoms with E-state index >= 15 is 0 Å². The zero-order chi connectivity index (χ0) is 14.2. The predicted molar refractivity (Wildman–Crippen MR) is 80.4 cm³/mol. The Balaban J connectivity index is 1.87. The highest BCUT2D eigenvalue weighted by Gasteiger charge is 2.41. The van der Waals surface area contributed by atoms with Crippen molar-refractivity contribution in [2.45, 2.75) is 64.4 Å². The first-order valence-corrected chi connectivity index (χ1v) is 7.95. The van der Waals surface area contributed by atoms with Crippen LogP contribution in [0.3, 0.4) is 0 Å². The number of benzene rings is 1. The Morgan fingerprint density at radius 3 is 2.95 bits per heavy atom. The summed E-state index contributed by atoms with van der Waals surface area (Å²) in [5.74, 6) is 1.89. The first-order chi connectivity index (χ1) is 9.62. The SMILES string of the molecule is CCC1CCCC2(CC1)CC(=O)c1cc(C)ccc1O2. The Bertz CT molecular complexity index is 520. The third-order valence-corrected chi connectivity index (χ3v) is 5.07. The summed E-state index contributed by atoms with van der Waals surface area (Å²) >= 11 is 0. The summed E-state index contributed by atoms with van der Waals surface area (Å²) in [6.45, 7) is 4.29. The number of carbonyl (C=O) groups is 1. The highest BCUT2D eigenvalue weighted by Crippen LogP contribution is 2.42. The highest BCUT2D eigenvalue weighted by atomic mass is 16.5. The van der Waals surface area contributed by atoms with Crippen molar-refractivity contribution < 1.29 is 9.53 Å². The van der Waals surface area contributed by atoms with E-state index in [1.54, 1.807) is 0 Å². The number of carbonyl (C=O) groups excluding carboxylic acids is 1. The van der Waals surface area contributed by atoms with Gasteiger partial charge in [-0.25, -0.2) is 0 Å². The Hall–Kier alpha value is -1.31. The third-order valence-electron chi connectivity index (χ3n) is 5.07. The van der Waals surface area contributed by atoms with Gasteiger partial charge in [0, 0.05) is 0 Å². The standard InChI is InChI=1S/C18H24O2/c1-3-14-5-4-9-18(10-8-14)12-16(19)15-11-13(2)6-7-17(15)20-18/h6-7,11,14H,3-5,8-10,12H2,1-2H3. The molecule has 0 amide bonds. The summed E-state index contributed by atoms with van der Waals surface area (Å²) in [7, 11) is 0. The fraction of sp³-hybridized carbons (Fsp3) is 0.611. The molecule has 2 heteroatoms. The number of hydrogen-bond donors (Lipinski definition) is 0. The van der Waals surface area contributed by atoms with E-state index in [2.05, 4.69) is 6.92 Å². The topological polar surface area (TPSA) is 26.3 Å². The molecular formula is C18H24O2. The molecule has 2 unspecified atom stereocenters. The van der Waals surface area contributed by atoms with E-state index in [9.17, 15) is 4.79 Å². The van der Waals surface area contributed by atoms with E-state index in [-0.39, 0.29) is 11.4 Å². The molecule has 1 aliphatic heterocycles. The first-order valence-electron chi connectivity index (χ1n) is 7.95. The van der Waals surface area contributed by atoms with Crippen LogP contribution in [0, 0.1) is 12.8 Å². The average Bonchev–Trinajstić information content (AvgIpc) is 2.62. The summed E-state index contributed by atoms with van der Waals surface area (Å²) in [5.41, 5.74) is 1.69. The van der Waals surface area contributed by atoms with Crippen LogP contribution in [0.1, 0.15) is 67.8 Å². The molecule has 0 bridgehead atoms. The minimum Gasteiger partial charge on any atom is -0.486 e. The zero-order valence-electron chi connectivity index (χ0n) is 12.6. The van der Waals surface area contributed by atoms with Crippen molar-refractivity contribution in [2.24, 2.45) is 5.92 Å². The molecule has 0 saturated heterocycles. The van der Waals surface area contributed by atoms with Gasteiger partial charge in [-0.2, -0.15) is 0 Å². The van der Waals surface area contributed by atoms with Crippen LogP contribution < -0.4 is 4.74 Å². The van der Waals surface area contributed by atoms with Crippen LogP contribution in [-0.2, 0) is 0 Å². The van der Waals surface area contributed by atoms with E-state index in [0.717, 1.165) is 35.6 Å². The highest BCUT2D eigenvalue weighted by molar-refractivity contribution is 6.00. The quantitative estimate of drug-likeness (QED) is 0.741. The van der Waals surface area contributed by atoms with Crippen molar-refractivity contribution in [2.75, 3.05) is 0 Å². The number of ether oxygens (including phenoxy) is 1. The molecule has 2 atom stereocenters. The summed E-state index contributed by atoms with van der Waals surface area (Å²) < 4.78 is 6.34. The Kier molecular flexibility index (Phi) is 3.57. The third kappa shape index (κ3) is 2.48. The van der Waals surface area contributed by atoms with Crippen molar-refractivity contribution in [3.8, 4) is 5.75 Å². The molecule has 2 nitrogen and oxygen atoms in total. The predicted octanol–water partition coefficient (Wildman–Crippen LogP) is 4.69. The van der Waals surface area contributed by atoms with Crippen LogP contribution in [0.2, 0.25) is 0 Å². The molecule has 1 heterocycles. The van der Waals surface area contributed by atoms with Crippen molar-refractivity contribution in [1.82, 2.24) is 0 Å². The fourth-order valence-electron chi connectivity index (χ4n) is 3.74. The van der Waals surface area contributed by atoms with Crippen molar-refractivity contribution in [3.05, 3.63) is 29.3 Å². The maximum atomic E-state index is 12.5. The molecule has 0 aromatic heterocycles. The van der Waals surface area contributed by atoms with E-state index in [1.165, 1.54) is 25.7 Å². The lowest BCUT2D eigenvalue weighted by Gasteiger charge is -2.37. The number of fused-ring (bicyclic) bond motifs is 1. The van der Waals surface area contributed by atoms with Gasteiger partial charge in [-0.1, -0.05) is 31.4 Å². The lowest BCUT2D eigenvalue weighted by molar-refractivity contribution is 0.0289.